The van der Waals surface area contributed by atoms with Crippen molar-refractivity contribution in [2.75, 3.05) is 50.1 Å². The number of ether oxygens (including phenoxy) is 1. The lowest BCUT2D eigenvalue weighted by molar-refractivity contribution is -0.118. The van der Waals surface area contributed by atoms with Crippen LogP contribution < -0.4 is 15.0 Å². The third-order valence-electron chi connectivity index (χ3n) is 6.63. The van der Waals surface area contributed by atoms with Crippen molar-refractivity contribution in [3.63, 3.8) is 0 Å². The highest BCUT2D eigenvalue weighted by molar-refractivity contribution is 6.23. The zero-order valence-electron chi connectivity index (χ0n) is 18.3. The molecule has 0 saturated carbocycles. The van der Waals surface area contributed by atoms with E-state index in [1.807, 2.05) is 12.1 Å². The second kappa shape index (κ2) is 8.64. The van der Waals surface area contributed by atoms with Gasteiger partial charge in [0.15, 0.2) is 0 Å². The Morgan fingerprint density at radius 2 is 2.03 bits per heavy atom. The zero-order valence-corrected chi connectivity index (χ0v) is 18.3. The van der Waals surface area contributed by atoms with E-state index in [9.17, 15) is 4.79 Å². The Bertz CT molecular complexity index is 1110. The van der Waals surface area contributed by atoms with Crippen molar-refractivity contribution in [3.8, 4) is 11.8 Å². The van der Waals surface area contributed by atoms with Crippen LogP contribution in [-0.2, 0) is 11.3 Å². The molecule has 1 saturated heterocycles. The number of nitriles is 1. The van der Waals surface area contributed by atoms with Crippen molar-refractivity contribution in [3.05, 3.63) is 53.1 Å². The van der Waals surface area contributed by atoms with Crippen molar-refractivity contribution in [2.45, 2.75) is 19.4 Å². The molecule has 1 atom stereocenters. The topological polar surface area (TPSA) is 81.0 Å². The quantitative estimate of drug-likeness (QED) is 0.808. The van der Waals surface area contributed by atoms with Crippen molar-refractivity contribution in [1.29, 1.82) is 5.26 Å². The van der Waals surface area contributed by atoms with Gasteiger partial charge in [0.25, 0.3) is 0 Å². The van der Waals surface area contributed by atoms with Crippen LogP contribution in [0.3, 0.4) is 0 Å². The Labute approximate surface area is 188 Å². The van der Waals surface area contributed by atoms with E-state index >= 15 is 0 Å². The number of anilines is 2. The average molecular weight is 430 g/mol. The molecule has 1 unspecified atom stereocenters. The Morgan fingerprint density at radius 1 is 1.19 bits per heavy atom. The number of rotatable bonds is 4. The lowest BCUT2D eigenvalue weighted by Crippen LogP contribution is -2.46. The van der Waals surface area contributed by atoms with E-state index < -0.39 is 0 Å². The van der Waals surface area contributed by atoms with E-state index in [1.54, 1.807) is 13.2 Å². The van der Waals surface area contributed by atoms with E-state index in [2.05, 4.69) is 44.4 Å². The molecule has 164 valence electrons. The number of carbonyl (C=O) groups is 1. The summed E-state index contributed by atoms with van der Waals surface area (Å²) in [5.74, 6) is 0.735. The first kappa shape index (κ1) is 20.5. The van der Waals surface area contributed by atoms with Crippen LogP contribution in [0.15, 0.2) is 41.4 Å². The molecular formula is C25H27N5O2. The summed E-state index contributed by atoms with van der Waals surface area (Å²) in [5.41, 5.74) is 5.77. The van der Waals surface area contributed by atoms with E-state index in [-0.39, 0.29) is 11.8 Å². The zero-order chi connectivity index (χ0) is 22.1. The maximum absolute atomic E-state index is 12.5. The van der Waals surface area contributed by atoms with Crippen LogP contribution in [0.4, 0.5) is 11.4 Å². The number of nitrogens with one attached hydrogen (secondary N) is 1. The smallest absolute Gasteiger partial charge is 0.233 e. The van der Waals surface area contributed by atoms with Crippen molar-refractivity contribution in [2.24, 2.45) is 10.9 Å². The van der Waals surface area contributed by atoms with Crippen LogP contribution in [0.2, 0.25) is 0 Å². The first-order chi connectivity index (χ1) is 15.7. The highest BCUT2D eigenvalue weighted by Gasteiger charge is 2.33. The van der Waals surface area contributed by atoms with Crippen LogP contribution in [-0.4, -0.2) is 56.4 Å². The number of benzene rings is 2. The monoisotopic (exact) mass is 429 g/mol. The van der Waals surface area contributed by atoms with Gasteiger partial charge in [-0.05, 0) is 36.6 Å². The summed E-state index contributed by atoms with van der Waals surface area (Å²) in [6, 6.07) is 14.2. The number of fused-ring (bicyclic) bond motifs is 3. The number of methoxy groups -OCH3 is 1. The molecule has 3 heterocycles. The fourth-order valence-corrected chi connectivity index (χ4v) is 4.92. The summed E-state index contributed by atoms with van der Waals surface area (Å²) in [6.45, 7) is 5.31. The molecule has 0 spiro atoms. The van der Waals surface area contributed by atoms with Gasteiger partial charge in [-0.3, -0.25) is 14.7 Å². The summed E-state index contributed by atoms with van der Waals surface area (Å²) < 4.78 is 5.51. The molecule has 5 rings (SSSR count). The van der Waals surface area contributed by atoms with Gasteiger partial charge in [-0.15, -0.1) is 0 Å². The van der Waals surface area contributed by atoms with Gasteiger partial charge in [-0.2, -0.15) is 5.26 Å². The van der Waals surface area contributed by atoms with Gasteiger partial charge < -0.3 is 15.0 Å². The van der Waals surface area contributed by atoms with E-state index in [4.69, 9.17) is 10.00 Å². The normalized spacial score (nSPS) is 20.5. The molecule has 7 nitrogen and oxygen atoms in total. The predicted molar refractivity (Wildman–Crippen MR) is 124 cm³/mol. The van der Waals surface area contributed by atoms with Crippen LogP contribution in [0, 0.1) is 17.2 Å². The lowest BCUT2D eigenvalue weighted by atomic mass is 9.85. The summed E-state index contributed by atoms with van der Waals surface area (Å²) in [7, 11) is 1.65. The van der Waals surface area contributed by atoms with Crippen molar-refractivity contribution in [1.82, 2.24) is 4.90 Å². The van der Waals surface area contributed by atoms with Gasteiger partial charge in [-0.1, -0.05) is 12.1 Å². The Morgan fingerprint density at radius 3 is 2.81 bits per heavy atom. The average Bonchev–Trinajstić information content (AvgIpc) is 2.84. The highest BCUT2D eigenvalue weighted by Crippen LogP contribution is 2.33. The Balaban J connectivity index is 1.26. The summed E-state index contributed by atoms with van der Waals surface area (Å²) in [5, 5.41) is 12.2. The summed E-state index contributed by atoms with van der Waals surface area (Å²) >= 11 is 0. The number of piperazine rings is 1. The molecule has 1 fully saturated rings. The van der Waals surface area contributed by atoms with Crippen molar-refractivity contribution < 1.29 is 9.53 Å². The molecule has 32 heavy (non-hydrogen) atoms. The number of hydrogen-bond donors (Lipinski definition) is 1. The van der Waals surface area contributed by atoms with E-state index in [0.717, 1.165) is 80.5 Å². The number of carbonyl (C=O) groups excluding carboxylic acids is 1. The number of amides is 1. The SMILES string of the molecule is COc1cc(C#N)ccc1N1CCN(Cc2ccc3c(c2)NC(=O)C2CCCN=C32)CC1. The summed E-state index contributed by atoms with van der Waals surface area (Å²) in [4.78, 5) is 21.9. The van der Waals surface area contributed by atoms with Crippen LogP contribution in [0.25, 0.3) is 0 Å². The molecule has 3 aliphatic heterocycles. The minimum Gasteiger partial charge on any atom is -0.495 e. The van der Waals surface area contributed by atoms with Crippen LogP contribution in [0.5, 0.6) is 5.75 Å². The highest BCUT2D eigenvalue weighted by atomic mass is 16.5. The largest absolute Gasteiger partial charge is 0.495 e. The number of nitrogens with zero attached hydrogens (tertiary/aromatic N) is 4. The molecule has 0 radical (unpaired) electrons. The fourth-order valence-electron chi connectivity index (χ4n) is 4.92. The molecule has 1 N–H and O–H groups in total. The molecule has 7 heteroatoms. The maximum Gasteiger partial charge on any atom is 0.233 e. The second-order valence-corrected chi connectivity index (χ2v) is 8.59. The first-order valence-electron chi connectivity index (χ1n) is 11.2. The third kappa shape index (κ3) is 3.82. The van der Waals surface area contributed by atoms with Crippen LogP contribution >= 0.6 is 0 Å². The minimum atomic E-state index is -0.0885. The predicted octanol–water partition coefficient (Wildman–Crippen LogP) is 3.04. The van der Waals surface area contributed by atoms with Gasteiger partial charge in [-0.25, -0.2) is 0 Å². The second-order valence-electron chi connectivity index (χ2n) is 8.59. The van der Waals surface area contributed by atoms with Crippen LogP contribution in [0.1, 0.15) is 29.5 Å². The molecular weight excluding hydrogens is 402 g/mol. The molecule has 3 aliphatic rings. The molecule has 0 aliphatic carbocycles. The number of hydrogen-bond acceptors (Lipinski definition) is 6. The fraction of sp³-hybridized carbons (Fsp3) is 0.400. The molecule has 2 aromatic rings. The standard InChI is InChI=1S/C25H27N5O2/c1-32-23-14-17(15-26)5-7-22(23)30-11-9-29(10-12-30)16-18-4-6-19-21(13-18)28-25(31)20-3-2-8-27-24(19)20/h4-7,13-14,20H,2-3,8-12,16H2,1H3,(H,28,31). The minimum absolute atomic E-state index is 0.0816. The molecule has 0 aromatic heterocycles. The summed E-state index contributed by atoms with van der Waals surface area (Å²) in [6.07, 6.45) is 1.87. The number of aliphatic imine (C=N–C) groups is 1. The lowest BCUT2D eigenvalue weighted by Gasteiger charge is -2.37. The first-order valence-corrected chi connectivity index (χ1v) is 11.2. The van der Waals surface area contributed by atoms with E-state index in [1.165, 1.54) is 5.56 Å². The maximum atomic E-state index is 12.5. The third-order valence-corrected chi connectivity index (χ3v) is 6.63. The Hall–Kier alpha value is -3.37. The molecule has 0 bridgehead atoms. The van der Waals surface area contributed by atoms with Gasteiger partial charge in [0, 0.05) is 50.9 Å². The van der Waals surface area contributed by atoms with Gasteiger partial charge in [0.1, 0.15) is 5.75 Å². The van der Waals surface area contributed by atoms with E-state index in [0.29, 0.717) is 5.56 Å². The van der Waals surface area contributed by atoms with Gasteiger partial charge in [0.2, 0.25) is 5.91 Å². The van der Waals surface area contributed by atoms with Gasteiger partial charge >= 0.3 is 0 Å². The molecule has 2 aromatic carbocycles. The van der Waals surface area contributed by atoms with Crippen molar-refractivity contribution >= 4 is 23.0 Å². The molecule has 1 amide bonds. The Kier molecular flexibility index (Phi) is 5.54. The van der Waals surface area contributed by atoms with Gasteiger partial charge in [0.05, 0.1) is 41.7 Å².